The van der Waals surface area contributed by atoms with E-state index in [1.54, 1.807) is 48.5 Å². The molecule has 0 fully saturated rings. The molecule has 0 saturated heterocycles. The first kappa shape index (κ1) is 32.7. The molecule has 3 aromatic rings. The molecule has 0 aliphatic rings. The molecule has 226 valence electrons. The van der Waals surface area contributed by atoms with Gasteiger partial charge in [-0.3, -0.25) is 13.9 Å². The number of nitrogens with zero attached hydrogens (tertiary/aromatic N) is 2. The fraction of sp³-hybridized carbons (Fsp3) is 0.394. The van der Waals surface area contributed by atoms with Crippen LogP contribution >= 0.6 is 0 Å². The molecule has 3 aromatic carbocycles. The maximum absolute atomic E-state index is 14.1. The number of rotatable bonds is 16. The van der Waals surface area contributed by atoms with Crippen LogP contribution in [0.15, 0.2) is 83.8 Å². The van der Waals surface area contributed by atoms with E-state index in [-0.39, 0.29) is 17.3 Å². The first-order valence-corrected chi connectivity index (χ1v) is 16.1. The highest BCUT2D eigenvalue weighted by Crippen LogP contribution is 2.27. The Morgan fingerprint density at radius 1 is 0.905 bits per heavy atom. The maximum atomic E-state index is 14.1. The number of nitrogens with one attached hydrogen (secondary N) is 1. The van der Waals surface area contributed by atoms with Gasteiger partial charge in [0, 0.05) is 13.1 Å². The van der Waals surface area contributed by atoms with E-state index in [1.165, 1.54) is 4.90 Å². The summed E-state index contributed by atoms with van der Waals surface area (Å²) in [4.78, 5) is 29.0. The molecule has 0 spiro atoms. The van der Waals surface area contributed by atoms with Crippen molar-refractivity contribution in [3.63, 3.8) is 0 Å². The van der Waals surface area contributed by atoms with Gasteiger partial charge in [0.05, 0.1) is 17.2 Å². The lowest BCUT2D eigenvalue weighted by Gasteiger charge is -2.33. The Labute approximate surface area is 250 Å². The van der Waals surface area contributed by atoms with Crippen LogP contribution < -0.4 is 14.4 Å². The van der Waals surface area contributed by atoms with E-state index < -0.39 is 28.5 Å². The van der Waals surface area contributed by atoms with Crippen molar-refractivity contribution < 1.29 is 22.7 Å². The zero-order chi connectivity index (χ0) is 30.5. The van der Waals surface area contributed by atoms with Crippen molar-refractivity contribution in [3.05, 3.63) is 90.0 Å². The van der Waals surface area contributed by atoms with Crippen LogP contribution in [-0.4, -0.2) is 57.4 Å². The summed E-state index contributed by atoms with van der Waals surface area (Å²) in [6, 6.07) is 22.2. The van der Waals surface area contributed by atoms with Gasteiger partial charge in [0.2, 0.25) is 11.8 Å². The molecule has 1 N–H and O–H groups in total. The number of aryl methyl sites for hydroxylation is 1. The number of anilines is 1. The van der Waals surface area contributed by atoms with E-state index >= 15 is 0 Å². The number of carbonyl (C=O) groups excluding carboxylic acids is 2. The predicted molar refractivity (Wildman–Crippen MR) is 167 cm³/mol. The Balaban J connectivity index is 1.99. The fourth-order valence-electron chi connectivity index (χ4n) is 4.64. The van der Waals surface area contributed by atoms with Crippen LogP contribution in [-0.2, 0) is 26.0 Å². The number of amides is 2. The molecular weight excluding hydrogens is 550 g/mol. The second-order valence-electron chi connectivity index (χ2n) is 10.1. The number of carbonyl (C=O) groups is 2. The molecule has 0 aliphatic heterocycles. The topological polar surface area (TPSA) is 96.0 Å². The van der Waals surface area contributed by atoms with Crippen molar-refractivity contribution in [3.8, 4) is 5.75 Å². The Morgan fingerprint density at radius 2 is 1.57 bits per heavy atom. The minimum absolute atomic E-state index is 0.0787. The Morgan fingerprint density at radius 3 is 2.17 bits per heavy atom. The van der Waals surface area contributed by atoms with Crippen molar-refractivity contribution in [2.45, 2.75) is 64.3 Å². The first-order chi connectivity index (χ1) is 20.2. The van der Waals surface area contributed by atoms with Gasteiger partial charge >= 0.3 is 0 Å². The van der Waals surface area contributed by atoms with Crippen LogP contribution in [0.4, 0.5) is 5.69 Å². The third-order valence-corrected chi connectivity index (χ3v) is 8.81. The molecule has 8 nitrogen and oxygen atoms in total. The monoisotopic (exact) mass is 593 g/mol. The second kappa shape index (κ2) is 16.0. The molecule has 0 saturated carbocycles. The Hall–Kier alpha value is -3.85. The molecule has 0 aromatic heterocycles. The largest absolute Gasteiger partial charge is 0.494 e. The third kappa shape index (κ3) is 8.82. The molecule has 0 radical (unpaired) electrons. The van der Waals surface area contributed by atoms with E-state index in [9.17, 15) is 18.0 Å². The molecule has 42 heavy (non-hydrogen) atoms. The van der Waals surface area contributed by atoms with Crippen LogP contribution in [0.5, 0.6) is 5.75 Å². The zero-order valence-corrected chi connectivity index (χ0v) is 25.9. The van der Waals surface area contributed by atoms with Crippen molar-refractivity contribution in [2.24, 2.45) is 0 Å². The van der Waals surface area contributed by atoms with E-state index in [0.29, 0.717) is 37.4 Å². The molecule has 2 amide bonds. The van der Waals surface area contributed by atoms with Gasteiger partial charge in [-0.15, -0.1) is 0 Å². The molecule has 9 heteroatoms. The number of ether oxygens (including phenoxy) is 1. The minimum atomic E-state index is -4.12. The van der Waals surface area contributed by atoms with Crippen LogP contribution in [0, 0.1) is 6.92 Å². The van der Waals surface area contributed by atoms with Gasteiger partial charge in [0.25, 0.3) is 10.0 Å². The van der Waals surface area contributed by atoms with Gasteiger partial charge in [-0.25, -0.2) is 8.42 Å². The van der Waals surface area contributed by atoms with Crippen LogP contribution in [0.3, 0.4) is 0 Å². The van der Waals surface area contributed by atoms with E-state index in [1.807, 2.05) is 58.0 Å². The summed E-state index contributed by atoms with van der Waals surface area (Å²) in [6.07, 6.45) is 2.69. The standard InChI is InChI=1S/C33H43N3O5S/c1-5-8-23-34-33(38)31(6-2)35(24-22-27-12-10-9-11-13-27)32(37)25-36(28-16-18-29(19-17-28)41-7-3)42(39,40)30-20-14-26(4)15-21-30/h9-21,31H,5-8,22-25H2,1-4H3,(H,34,38)/t31-/m0/s1. The van der Waals surface area contributed by atoms with Gasteiger partial charge in [0.1, 0.15) is 18.3 Å². The lowest BCUT2D eigenvalue weighted by atomic mass is 10.1. The van der Waals surface area contributed by atoms with Crippen LogP contribution in [0.1, 0.15) is 51.2 Å². The summed E-state index contributed by atoms with van der Waals surface area (Å²) >= 11 is 0. The number of unbranched alkanes of at least 4 members (excludes halogenated alkanes) is 1. The van der Waals surface area contributed by atoms with Crippen LogP contribution in [0.25, 0.3) is 0 Å². The molecule has 0 bridgehead atoms. The van der Waals surface area contributed by atoms with E-state index in [2.05, 4.69) is 5.32 Å². The number of sulfonamides is 1. The molecular formula is C33H43N3O5S. The number of benzene rings is 3. The summed E-state index contributed by atoms with van der Waals surface area (Å²) in [7, 11) is -4.12. The van der Waals surface area contributed by atoms with Crippen molar-refractivity contribution in [1.82, 2.24) is 10.2 Å². The molecule has 3 rings (SSSR count). The maximum Gasteiger partial charge on any atom is 0.264 e. The van der Waals surface area contributed by atoms with Crippen molar-refractivity contribution in [1.29, 1.82) is 0 Å². The van der Waals surface area contributed by atoms with Gasteiger partial charge < -0.3 is 15.0 Å². The summed E-state index contributed by atoms with van der Waals surface area (Å²) < 4.78 is 34.6. The summed E-state index contributed by atoms with van der Waals surface area (Å²) in [6.45, 7) is 8.45. The third-order valence-electron chi connectivity index (χ3n) is 7.02. The quantitative estimate of drug-likeness (QED) is 0.226. The zero-order valence-electron chi connectivity index (χ0n) is 25.1. The van der Waals surface area contributed by atoms with Gasteiger partial charge in [-0.2, -0.15) is 0 Å². The summed E-state index contributed by atoms with van der Waals surface area (Å²) in [5, 5.41) is 2.95. The van der Waals surface area contributed by atoms with Gasteiger partial charge in [0.15, 0.2) is 0 Å². The molecule has 0 heterocycles. The number of hydrogen-bond acceptors (Lipinski definition) is 5. The Kier molecular flexibility index (Phi) is 12.4. The van der Waals surface area contributed by atoms with E-state index in [0.717, 1.165) is 28.3 Å². The summed E-state index contributed by atoms with van der Waals surface area (Å²) in [5.41, 5.74) is 2.27. The smallest absolute Gasteiger partial charge is 0.264 e. The SMILES string of the molecule is CCCCNC(=O)[C@H](CC)N(CCc1ccccc1)C(=O)CN(c1ccc(OCC)cc1)S(=O)(=O)c1ccc(C)cc1. The molecule has 0 aliphatic carbocycles. The van der Waals surface area contributed by atoms with Gasteiger partial charge in [-0.1, -0.05) is 68.3 Å². The minimum Gasteiger partial charge on any atom is -0.494 e. The average molecular weight is 594 g/mol. The number of hydrogen-bond donors (Lipinski definition) is 1. The molecule has 0 unspecified atom stereocenters. The first-order valence-electron chi connectivity index (χ1n) is 14.6. The van der Waals surface area contributed by atoms with E-state index in [4.69, 9.17) is 4.74 Å². The second-order valence-corrected chi connectivity index (χ2v) is 12.0. The average Bonchev–Trinajstić information content (AvgIpc) is 2.99. The highest BCUT2D eigenvalue weighted by atomic mass is 32.2. The normalized spacial score (nSPS) is 11.9. The lowest BCUT2D eigenvalue weighted by molar-refractivity contribution is -0.139. The lowest BCUT2D eigenvalue weighted by Crippen LogP contribution is -2.53. The predicted octanol–water partition coefficient (Wildman–Crippen LogP) is 5.36. The summed E-state index contributed by atoms with van der Waals surface area (Å²) in [5.74, 6) is -0.0890. The highest BCUT2D eigenvalue weighted by molar-refractivity contribution is 7.92. The van der Waals surface area contributed by atoms with Crippen LogP contribution in [0.2, 0.25) is 0 Å². The van der Waals surface area contributed by atoms with Gasteiger partial charge in [-0.05, 0) is 75.1 Å². The van der Waals surface area contributed by atoms with Crippen molar-refractivity contribution in [2.75, 3.05) is 30.5 Å². The molecule has 1 atom stereocenters. The van der Waals surface area contributed by atoms with Crippen molar-refractivity contribution >= 4 is 27.5 Å². The Bertz CT molecular complexity index is 1380. The fourth-order valence-corrected chi connectivity index (χ4v) is 6.06. The highest BCUT2D eigenvalue weighted by Gasteiger charge is 2.33.